The van der Waals surface area contributed by atoms with Crippen LogP contribution in [0.4, 0.5) is 11.4 Å². The van der Waals surface area contributed by atoms with Gasteiger partial charge in [0.25, 0.3) is 5.91 Å². The number of benzene rings is 2. The molecule has 0 bridgehead atoms. The van der Waals surface area contributed by atoms with E-state index in [9.17, 15) is 10.1 Å². The van der Waals surface area contributed by atoms with Gasteiger partial charge in [-0.15, -0.1) is 0 Å². The summed E-state index contributed by atoms with van der Waals surface area (Å²) in [6.45, 7) is 1.92. The standard InChI is InChI=1S/C18H15BrClN3O2/c1-11-7-13(19)3-5-16(11)22-10-12(9-21)18(24)23-14-4-6-17(25-2)15(20)8-14/h3-8,10,22H,1-2H3,(H,23,24)/b12-10-. The van der Waals surface area contributed by atoms with Gasteiger partial charge in [-0.25, -0.2) is 0 Å². The molecule has 0 unspecified atom stereocenters. The molecule has 5 nitrogen and oxygen atoms in total. The molecule has 2 aromatic rings. The number of hydrogen-bond donors (Lipinski definition) is 2. The zero-order valence-electron chi connectivity index (χ0n) is 13.6. The Labute approximate surface area is 159 Å². The minimum Gasteiger partial charge on any atom is -0.495 e. The van der Waals surface area contributed by atoms with Crippen molar-refractivity contribution in [3.8, 4) is 11.8 Å². The molecule has 2 rings (SSSR count). The Bertz CT molecular complexity index is 875. The van der Waals surface area contributed by atoms with Gasteiger partial charge < -0.3 is 15.4 Å². The Morgan fingerprint density at radius 3 is 2.68 bits per heavy atom. The number of nitriles is 1. The Hall–Kier alpha value is -2.49. The van der Waals surface area contributed by atoms with E-state index in [1.807, 2.05) is 31.2 Å². The number of amides is 1. The van der Waals surface area contributed by atoms with Gasteiger partial charge in [0.1, 0.15) is 17.4 Å². The third kappa shape index (κ3) is 4.99. The lowest BCUT2D eigenvalue weighted by Crippen LogP contribution is -2.14. The van der Waals surface area contributed by atoms with Crippen molar-refractivity contribution in [1.82, 2.24) is 0 Å². The van der Waals surface area contributed by atoms with Crippen molar-refractivity contribution in [2.45, 2.75) is 6.92 Å². The fourth-order valence-electron chi connectivity index (χ4n) is 2.03. The largest absolute Gasteiger partial charge is 0.495 e. The van der Waals surface area contributed by atoms with Crippen LogP contribution in [0, 0.1) is 18.3 Å². The summed E-state index contributed by atoms with van der Waals surface area (Å²) < 4.78 is 6.01. The van der Waals surface area contributed by atoms with Crippen molar-refractivity contribution in [3.63, 3.8) is 0 Å². The number of carbonyl (C=O) groups is 1. The van der Waals surface area contributed by atoms with Gasteiger partial charge in [0, 0.05) is 22.0 Å². The molecule has 0 fully saturated rings. The minimum absolute atomic E-state index is 0.0609. The van der Waals surface area contributed by atoms with Gasteiger partial charge in [0.15, 0.2) is 0 Å². The average Bonchev–Trinajstić information content (AvgIpc) is 2.57. The van der Waals surface area contributed by atoms with E-state index in [4.69, 9.17) is 16.3 Å². The summed E-state index contributed by atoms with van der Waals surface area (Å²) in [5, 5.41) is 15.2. The van der Waals surface area contributed by atoms with Crippen LogP contribution in [-0.4, -0.2) is 13.0 Å². The molecule has 7 heteroatoms. The van der Waals surface area contributed by atoms with Crippen LogP contribution in [0.15, 0.2) is 52.6 Å². The van der Waals surface area contributed by atoms with Crippen LogP contribution in [0.1, 0.15) is 5.56 Å². The molecule has 1 amide bonds. The summed E-state index contributed by atoms with van der Waals surface area (Å²) in [6, 6.07) is 12.4. The number of aryl methyl sites for hydroxylation is 1. The second-order valence-corrected chi connectivity index (χ2v) is 6.40. The number of nitrogens with one attached hydrogen (secondary N) is 2. The van der Waals surface area contributed by atoms with Gasteiger partial charge >= 0.3 is 0 Å². The lowest BCUT2D eigenvalue weighted by atomic mass is 10.2. The van der Waals surface area contributed by atoms with Crippen LogP contribution in [0.5, 0.6) is 5.75 Å². The molecule has 128 valence electrons. The number of halogens is 2. The second-order valence-electron chi connectivity index (χ2n) is 5.08. The Kier molecular flexibility index (Phi) is 6.45. The van der Waals surface area contributed by atoms with Crippen molar-refractivity contribution in [3.05, 3.63) is 63.2 Å². The van der Waals surface area contributed by atoms with E-state index < -0.39 is 5.91 Å². The molecule has 25 heavy (non-hydrogen) atoms. The average molecular weight is 421 g/mol. The minimum atomic E-state index is -0.536. The summed E-state index contributed by atoms with van der Waals surface area (Å²) in [7, 11) is 1.51. The van der Waals surface area contributed by atoms with E-state index in [0.717, 1.165) is 15.7 Å². The molecule has 0 aliphatic rings. The highest BCUT2D eigenvalue weighted by molar-refractivity contribution is 9.10. The molecule has 0 saturated heterocycles. The molecular weight excluding hydrogens is 406 g/mol. The first-order valence-electron chi connectivity index (χ1n) is 7.22. The van der Waals surface area contributed by atoms with Gasteiger partial charge in [-0.3, -0.25) is 4.79 Å². The number of methoxy groups -OCH3 is 1. The number of rotatable bonds is 5. The molecule has 2 aromatic carbocycles. The van der Waals surface area contributed by atoms with Gasteiger partial charge in [-0.2, -0.15) is 5.26 Å². The molecule has 0 aliphatic carbocycles. The van der Waals surface area contributed by atoms with Crippen molar-refractivity contribution >= 4 is 44.8 Å². The number of nitrogens with zero attached hydrogens (tertiary/aromatic N) is 1. The first-order chi connectivity index (χ1) is 11.9. The Morgan fingerprint density at radius 2 is 2.08 bits per heavy atom. The molecule has 0 atom stereocenters. The fourth-order valence-corrected chi connectivity index (χ4v) is 2.76. The van der Waals surface area contributed by atoms with Crippen LogP contribution in [0.25, 0.3) is 0 Å². The SMILES string of the molecule is COc1ccc(NC(=O)/C(C#N)=C\Nc2ccc(Br)cc2C)cc1Cl. The second kappa shape index (κ2) is 8.56. The molecule has 0 aliphatic heterocycles. The molecule has 0 spiro atoms. The molecule has 0 saturated carbocycles. The number of anilines is 2. The van der Waals surface area contributed by atoms with Crippen molar-refractivity contribution in [1.29, 1.82) is 5.26 Å². The third-order valence-electron chi connectivity index (χ3n) is 3.34. The maximum atomic E-state index is 12.2. The Balaban J connectivity index is 2.12. The topological polar surface area (TPSA) is 74.1 Å². The highest BCUT2D eigenvalue weighted by atomic mass is 79.9. The number of ether oxygens (including phenoxy) is 1. The fraction of sp³-hybridized carbons (Fsp3) is 0.111. The van der Waals surface area contributed by atoms with Crippen LogP contribution in [0.2, 0.25) is 5.02 Å². The molecule has 0 heterocycles. The number of carbonyl (C=O) groups excluding carboxylic acids is 1. The lowest BCUT2D eigenvalue weighted by molar-refractivity contribution is -0.112. The predicted octanol–water partition coefficient (Wildman–Crippen LogP) is 4.88. The molecular formula is C18H15BrClN3O2. The number of hydrogen-bond acceptors (Lipinski definition) is 4. The zero-order chi connectivity index (χ0) is 18.4. The Morgan fingerprint density at radius 1 is 1.32 bits per heavy atom. The molecule has 0 aromatic heterocycles. The monoisotopic (exact) mass is 419 g/mol. The van der Waals surface area contributed by atoms with E-state index in [2.05, 4.69) is 26.6 Å². The molecule has 2 N–H and O–H groups in total. The zero-order valence-corrected chi connectivity index (χ0v) is 15.9. The van der Waals surface area contributed by atoms with E-state index in [1.165, 1.54) is 13.3 Å². The normalized spacial score (nSPS) is 10.8. The summed E-state index contributed by atoms with van der Waals surface area (Å²) in [5.74, 6) is -0.0332. The van der Waals surface area contributed by atoms with E-state index in [1.54, 1.807) is 18.2 Å². The highest BCUT2D eigenvalue weighted by Crippen LogP contribution is 2.27. The predicted molar refractivity (Wildman–Crippen MR) is 103 cm³/mol. The smallest absolute Gasteiger partial charge is 0.267 e. The van der Waals surface area contributed by atoms with Crippen LogP contribution in [-0.2, 0) is 4.79 Å². The first-order valence-corrected chi connectivity index (χ1v) is 8.39. The molecule has 0 radical (unpaired) electrons. The van der Waals surface area contributed by atoms with E-state index >= 15 is 0 Å². The van der Waals surface area contributed by atoms with Crippen molar-refractivity contribution in [2.75, 3.05) is 17.7 Å². The van der Waals surface area contributed by atoms with Gasteiger partial charge in [-0.05, 0) is 48.9 Å². The van der Waals surface area contributed by atoms with Gasteiger partial charge in [0.2, 0.25) is 0 Å². The van der Waals surface area contributed by atoms with Crippen molar-refractivity contribution in [2.24, 2.45) is 0 Å². The summed E-state index contributed by atoms with van der Waals surface area (Å²) in [4.78, 5) is 12.2. The van der Waals surface area contributed by atoms with Crippen LogP contribution in [0.3, 0.4) is 0 Å². The van der Waals surface area contributed by atoms with Gasteiger partial charge in [0.05, 0.1) is 12.1 Å². The highest BCUT2D eigenvalue weighted by Gasteiger charge is 2.11. The van der Waals surface area contributed by atoms with Crippen LogP contribution < -0.4 is 15.4 Å². The lowest BCUT2D eigenvalue weighted by Gasteiger charge is -2.09. The summed E-state index contributed by atoms with van der Waals surface area (Å²) in [5.41, 5.74) is 2.19. The van der Waals surface area contributed by atoms with Crippen LogP contribution >= 0.6 is 27.5 Å². The maximum Gasteiger partial charge on any atom is 0.267 e. The van der Waals surface area contributed by atoms with Gasteiger partial charge in [-0.1, -0.05) is 27.5 Å². The van der Waals surface area contributed by atoms with E-state index in [-0.39, 0.29) is 5.57 Å². The van der Waals surface area contributed by atoms with E-state index in [0.29, 0.717) is 16.5 Å². The summed E-state index contributed by atoms with van der Waals surface area (Å²) >= 11 is 9.41. The third-order valence-corrected chi connectivity index (χ3v) is 4.12. The maximum absolute atomic E-state index is 12.2. The quantitative estimate of drug-likeness (QED) is 0.534. The van der Waals surface area contributed by atoms with Crippen molar-refractivity contribution < 1.29 is 9.53 Å². The first kappa shape index (κ1) is 18.8. The summed E-state index contributed by atoms with van der Waals surface area (Å²) in [6.07, 6.45) is 1.37.